The molecule has 0 heterocycles. The first kappa shape index (κ1) is 25.8. The van der Waals surface area contributed by atoms with Crippen molar-refractivity contribution in [3.8, 4) is 0 Å². The highest BCUT2D eigenvalue weighted by atomic mass is 35.5. The maximum atomic E-state index is 13.1. The molecule has 0 unspecified atom stereocenters. The van der Waals surface area contributed by atoms with Gasteiger partial charge in [-0.1, -0.05) is 77.8 Å². The second kappa shape index (κ2) is 12.1. The lowest BCUT2D eigenvalue weighted by atomic mass is 9.67. The van der Waals surface area contributed by atoms with Crippen LogP contribution < -0.4 is 0 Å². The molecule has 176 valence electrons. The Morgan fingerprint density at radius 3 is 1.47 bits per heavy atom. The first-order valence-electron chi connectivity index (χ1n) is 10.6. The maximum absolute atomic E-state index is 13.1. The number of hydrogen-bond acceptors (Lipinski definition) is 4. The molecular weight excluding hydrogens is 495 g/mol. The van der Waals surface area contributed by atoms with E-state index in [1.807, 2.05) is 36.4 Å². The van der Waals surface area contributed by atoms with Gasteiger partial charge in [0.2, 0.25) is 0 Å². The number of carbonyl (C=O) groups excluding carboxylic acids is 2. The van der Waals surface area contributed by atoms with Gasteiger partial charge < -0.3 is 9.47 Å². The van der Waals surface area contributed by atoms with Crippen molar-refractivity contribution in [1.29, 1.82) is 0 Å². The molecule has 4 nitrogen and oxygen atoms in total. The highest BCUT2D eigenvalue weighted by molar-refractivity contribution is 6.31. The van der Waals surface area contributed by atoms with Gasteiger partial charge in [-0.15, -0.1) is 0 Å². The fourth-order valence-electron chi connectivity index (χ4n) is 3.75. The Hall–Kier alpha value is -2.79. The minimum absolute atomic E-state index is 0.0182. The highest BCUT2D eigenvalue weighted by Crippen LogP contribution is 2.43. The number of hydrogen-bond donors (Lipinski definition) is 0. The predicted molar refractivity (Wildman–Crippen MR) is 136 cm³/mol. The third-order valence-electron chi connectivity index (χ3n) is 5.38. The summed E-state index contributed by atoms with van der Waals surface area (Å²) in [5.41, 5.74) is 1.70. The van der Waals surface area contributed by atoms with Crippen LogP contribution in [0.3, 0.4) is 0 Å². The van der Waals surface area contributed by atoms with Gasteiger partial charge in [-0.2, -0.15) is 0 Å². The molecule has 0 aromatic heterocycles. The second-order valence-corrected chi connectivity index (χ2v) is 8.86. The molecule has 0 radical (unpaired) electrons. The van der Waals surface area contributed by atoms with Crippen molar-refractivity contribution in [1.82, 2.24) is 0 Å². The van der Waals surface area contributed by atoms with E-state index in [9.17, 15) is 9.59 Å². The number of benzene rings is 3. The van der Waals surface area contributed by atoms with Crippen LogP contribution in [0.5, 0.6) is 0 Å². The summed E-state index contributed by atoms with van der Waals surface area (Å²) in [4.78, 5) is 24.3. The molecule has 0 saturated heterocycles. The largest absolute Gasteiger partial charge is 0.465 e. The van der Waals surface area contributed by atoms with E-state index in [0.717, 1.165) is 22.8 Å². The molecule has 0 bridgehead atoms. The molecular formula is C27H23Cl3O4. The zero-order chi connectivity index (χ0) is 24.6. The number of halogens is 3. The minimum Gasteiger partial charge on any atom is -0.465 e. The fourth-order valence-corrected chi connectivity index (χ4v) is 4.13. The monoisotopic (exact) mass is 516 g/mol. The molecule has 0 N–H and O–H groups in total. The summed E-state index contributed by atoms with van der Waals surface area (Å²) in [5, 5.41) is 1.75. The molecule has 0 amide bonds. The molecule has 0 fully saturated rings. The maximum Gasteiger partial charge on any atom is 0.330 e. The van der Waals surface area contributed by atoms with Crippen molar-refractivity contribution in [2.75, 3.05) is 13.2 Å². The zero-order valence-corrected chi connectivity index (χ0v) is 20.6. The summed E-state index contributed by atoms with van der Waals surface area (Å²) in [5.74, 6) is -0.923. The van der Waals surface area contributed by atoms with Crippen LogP contribution in [-0.2, 0) is 24.5 Å². The summed E-state index contributed by atoms with van der Waals surface area (Å²) < 4.78 is 10.4. The minimum atomic E-state index is -0.883. The molecule has 7 heteroatoms. The number of esters is 2. The summed E-state index contributed by atoms with van der Waals surface area (Å²) in [7, 11) is 0. The molecule has 0 spiro atoms. The quantitative estimate of drug-likeness (QED) is 0.125. The molecule has 0 aliphatic carbocycles. The van der Waals surface area contributed by atoms with Crippen LogP contribution >= 0.6 is 34.8 Å². The van der Waals surface area contributed by atoms with Crippen molar-refractivity contribution >= 4 is 46.7 Å². The van der Waals surface area contributed by atoms with E-state index in [4.69, 9.17) is 44.3 Å². The van der Waals surface area contributed by atoms with Gasteiger partial charge in [0, 0.05) is 27.6 Å². The van der Waals surface area contributed by atoms with E-state index >= 15 is 0 Å². The zero-order valence-electron chi connectivity index (χ0n) is 18.3. The number of rotatable bonds is 10. The second-order valence-electron chi connectivity index (χ2n) is 7.55. The summed E-state index contributed by atoms with van der Waals surface area (Å²) in [6.07, 6.45) is 1.48. The molecule has 3 aromatic carbocycles. The Kier molecular flexibility index (Phi) is 9.17. The van der Waals surface area contributed by atoms with Crippen LogP contribution in [0.2, 0.25) is 15.1 Å². The average molecular weight is 518 g/mol. The van der Waals surface area contributed by atoms with Crippen molar-refractivity contribution in [3.63, 3.8) is 0 Å². The lowest BCUT2D eigenvalue weighted by molar-refractivity contribution is -0.145. The number of carbonyl (C=O) groups is 2. The Balaban J connectivity index is 1.97. The van der Waals surface area contributed by atoms with Gasteiger partial charge in [0.15, 0.2) is 0 Å². The van der Waals surface area contributed by atoms with Crippen molar-refractivity contribution < 1.29 is 19.1 Å². The van der Waals surface area contributed by atoms with E-state index < -0.39 is 17.4 Å². The summed E-state index contributed by atoms with van der Waals surface area (Å²) in [6, 6.07) is 22.1. The van der Waals surface area contributed by atoms with Crippen molar-refractivity contribution in [3.05, 3.63) is 117 Å². The van der Waals surface area contributed by atoms with Gasteiger partial charge in [0.05, 0.1) is 25.0 Å². The smallest absolute Gasteiger partial charge is 0.330 e. The molecule has 3 rings (SSSR count). The molecule has 34 heavy (non-hydrogen) atoms. The van der Waals surface area contributed by atoms with Gasteiger partial charge in [-0.25, -0.2) is 4.79 Å². The van der Waals surface area contributed by atoms with Crippen LogP contribution in [0.15, 0.2) is 85.5 Å². The van der Waals surface area contributed by atoms with Gasteiger partial charge >= 0.3 is 11.9 Å². The van der Waals surface area contributed by atoms with Crippen LogP contribution in [0.4, 0.5) is 0 Å². The molecule has 0 aliphatic heterocycles. The predicted octanol–water partition coefficient (Wildman–Crippen LogP) is 7.03. The van der Waals surface area contributed by atoms with Crippen LogP contribution in [-0.4, -0.2) is 25.2 Å². The van der Waals surface area contributed by atoms with Gasteiger partial charge in [0.1, 0.15) is 0 Å². The Bertz CT molecular complexity index is 1010. The first-order chi connectivity index (χ1) is 16.3. The molecule has 0 atom stereocenters. The topological polar surface area (TPSA) is 52.6 Å². The average Bonchev–Trinajstić information content (AvgIpc) is 2.84. The third-order valence-corrected chi connectivity index (χ3v) is 6.14. The van der Waals surface area contributed by atoms with E-state index in [-0.39, 0.29) is 19.6 Å². The van der Waals surface area contributed by atoms with E-state index in [1.54, 1.807) is 36.4 Å². The van der Waals surface area contributed by atoms with Crippen LogP contribution in [0.1, 0.15) is 29.5 Å². The third kappa shape index (κ3) is 6.41. The first-order valence-corrected chi connectivity index (χ1v) is 11.7. The Morgan fingerprint density at radius 1 is 0.706 bits per heavy atom. The molecule has 0 saturated carbocycles. The van der Waals surface area contributed by atoms with Crippen molar-refractivity contribution in [2.45, 2.75) is 18.3 Å². The van der Waals surface area contributed by atoms with Crippen molar-refractivity contribution in [2.24, 2.45) is 0 Å². The van der Waals surface area contributed by atoms with E-state index in [0.29, 0.717) is 21.5 Å². The highest BCUT2D eigenvalue weighted by Gasteiger charge is 2.39. The summed E-state index contributed by atoms with van der Waals surface area (Å²) >= 11 is 18.5. The van der Waals surface area contributed by atoms with Crippen LogP contribution in [0.25, 0.3) is 0 Å². The Morgan fingerprint density at radius 2 is 1.09 bits per heavy atom. The van der Waals surface area contributed by atoms with Crippen LogP contribution in [0, 0.1) is 0 Å². The fraction of sp³-hybridized carbons (Fsp3) is 0.185. The molecule has 0 aliphatic rings. The number of ether oxygens (including phenoxy) is 2. The normalized spacial score (nSPS) is 11.0. The summed E-state index contributed by atoms with van der Waals surface area (Å²) in [6.45, 7) is 3.59. The Labute approximate surface area is 214 Å². The lowest BCUT2D eigenvalue weighted by Crippen LogP contribution is -2.33. The molecule has 3 aromatic rings. The lowest BCUT2D eigenvalue weighted by Gasteiger charge is -2.35. The van der Waals surface area contributed by atoms with Gasteiger partial charge in [-0.3, -0.25) is 4.79 Å². The van der Waals surface area contributed by atoms with E-state index in [1.165, 1.54) is 0 Å². The van der Waals surface area contributed by atoms with Gasteiger partial charge in [-0.05, 0) is 53.1 Å². The van der Waals surface area contributed by atoms with E-state index in [2.05, 4.69) is 6.58 Å². The SMILES string of the molecule is C=CC(=O)OCCCOC(=O)CC(c1ccc(Cl)cc1)(c1ccc(Cl)cc1)c1ccc(Cl)cc1. The standard InChI is InChI=1S/C27H23Cl3O4/c1-2-25(31)33-16-3-17-34-26(32)18-27(19-4-10-22(28)11-5-19,20-6-12-23(29)13-7-20)21-8-14-24(30)15-9-21/h2,4-15H,1,3,16-18H2. The van der Waals surface area contributed by atoms with Gasteiger partial charge in [0.25, 0.3) is 0 Å².